The number of aliphatic carboxylic acids is 1. The lowest BCUT2D eigenvalue weighted by atomic mass is 9.89. The number of piperidine rings is 1. The molecule has 15 heteroatoms. The number of ether oxygens (including phenoxy) is 1. The van der Waals surface area contributed by atoms with Crippen LogP contribution in [0.3, 0.4) is 0 Å². The van der Waals surface area contributed by atoms with E-state index in [1.54, 1.807) is 24.1 Å². The zero-order valence-electron chi connectivity index (χ0n) is 28.3. The highest BCUT2D eigenvalue weighted by Gasteiger charge is 2.35. The second-order valence-electron chi connectivity index (χ2n) is 11.7. The minimum atomic E-state index is -1.25. The second kappa shape index (κ2) is 18.9. The Morgan fingerprint density at radius 1 is 1.16 bits per heavy atom. The molecule has 0 bridgehead atoms. The van der Waals surface area contributed by atoms with E-state index in [1.807, 2.05) is 44.8 Å². The van der Waals surface area contributed by atoms with Crippen LogP contribution in [0, 0.1) is 11.7 Å². The Kier molecular flexibility index (Phi) is 15.6. The average Bonchev–Trinajstić information content (AvgIpc) is 3.38. The van der Waals surface area contributed by atoms with E-state index in [9.17, 15) is 23.9 Å². The molecule has 10 nitrogen and oxygen atoms in total. The summed E-state index contributed by atoms with van der Waals surface area (Å²) in [6, 6.07) is 12.5. The van der Waals surface area contributed by atoms with Crippen molar-refractivity contribution in [2.24, 2.45) is 5.92 Å². The standard InChI is InChI=1S/C31H34ClFN4O6S2.C2H6.CH5P/c1-31(2)12-21(8-9-37(31)44-16-17-6-7-22(33)23(10-17)36-29(40)19-13-34-14-19)35-20-5-3-4-18(11-20)27-25(32)26(43-15-24(38)39)28(45-27)30(41)42;2*1-2/h3-7,10-11,19,21,34-35H,8-9,12-16H2,1-2H3,(H,36,40)(H,38,39)(H,41,42);1-2H3;2H2,1H3. The zero-order valence-corrected chi connectivity index (χ0v) is 31.8. The van der Waals surface area contributed by atoms with E-state index in [2.05, 4.69) is 43.3 Å². The van der Waals surface area contributed by atoms with Crippen LogP contribution in [0.1, 0.15) is 55.8 Å². The Labute approximate surface area is 302 Å². The Bertz CT molecular complexity index is 1610. The van der Waals surface area contributed by atoms with Crippen LogP contribution in [0.2, 0.25) is 5.02 Å². The Morgan fingerprint density at radius 3 is 2.49 bits per heavy atom. The number of carbonyl (C=O) groups excluding carboxylic acids is 1. The summed E-state index contributed by atoms with van der Waals surface area (Å²) < 4.78 is 22.0. The molecule has 2 aliphatic rings. The molecule has 5 rings (SSSR count). The van der Waals surface area contributed by atoms with E-state index < -0.39 is 24.4 Å². The summed E-state index contributed by atoms with van der Waals surface area (Å²) >= 11 is 9.10. The molecule has 3 aromatic rings. The second-order valence-corrected chi connectivity index (χ2v) is 14.0. The van der Waals surface area contributed by atoms with Gasteiger partial charge in [0.15, 0.2) is 17.2 Å². The molecule has 0 spiro atoms. The molecule has 2 unspecified atom stereocenters. The fourth-order valence-electron chi connectivity index (χ4n) is 5.34. The smallest absolute Gasteiger partial charge is 0.349 e. The first-order valence-electron chi connectivity index (χ1n) is 16.0. The van der Waals surface area contributed by atoms with Crippen LogP contribution in [0.15, 0.2) is 42.5 Å². The third-order valence-corrected chi connectivity index (χ3v) is 10.9. The maximum atomic E-state index is 14.4. The van der Waals surface area contributed by atoms with E-state index in [4.69, 9.17) is 21.4 Å². The topological polar surface area (TPSA) is 140 Å². The minimum absolute atomic E-state index is 0.0635. The van der Waals surface area contributed by atoms with E-state index in [0.717, 1.165) is 42.0 Å². The molecule has 1 amide bonds. The molecule has 3 heterocycles. The number of carboxylic acids is 2. The van der Waals surface area contributed by atoms with Crippen molar-refractivity contribution in [3.63, 3.8) is 0 Å². The van der Waals surface area contributed by atoms with Crippen molar-refractivity contribution in [2.75, 3.05) is 43.5 Å². The van der Waals surface area contributed by atoms with Crippen LogP contribution in [0.5, 0.6) is 5.75 Å². The number of carboxylic acid groups (broad SMARTS) is 2. The third-order valence-electron chi connectivity index (χ3n) is 7.77. The van der Waals surface area contributed by atoms with E-state index in [1.165, 1.54) is 6.07 Å². The monoisotopic (exact) mass is 754 g/mol. The maximum Gasteiger partial charge on any atom is 0.349 e. The van der Waals surface area contributed by atoms with Gasteiger partial charge in [-0.25, -0.2) is 18.3 Å². The predicted molar refractivity (Wildman–Crippen MR) is 202 cm³/mol. The number of hydrogen-bond acceptors (Lipinski definition) is 9. The summed E-state index contributed by atoms with van der Waals surface area (Å²) in [4.78, 5) is 35.4. The van der Waals surface area contributed by atoms with Crippen molar-refractivity contribution >= 4 is 73.3 Å². The molecule has 2 aromatic carbocycles. The average molecular weight is 755 g/mol. The fraction of sp³-hybridized carbons (Fsp3) is 0.441. The van der Waals surface area contributed by atoms with Crippen molar-refractivity contribution in [1.29, 1.82) is 0 Å². The first-order chi connectivity index (χ1) is 23.4. The Hall–Kier alpha value is -2.93. The number of nitrogens with zero attached hydrogens (tertiary/aromatic N) is 1. The van der Waals surface area contributed by atoms with Gasteiger partial charge in [0.25, 0.3) is 0 Å². The molecule has 2 aliphatic heterocycles. The minimum Gasteiger partial charge on any atom is -0.479 e. The molecule has 2 saturated heterocycles. The molecule has 2 atom stereocenters. The highest BCUT2D eigenvalue weighted by Crippen LogP contribution is 2.46. The quantitative estimate of drug-likeness (QED) is 0.0931. The maximum absolute atomic E-state index is 14.4. The molecule has 1 aromatic heterocycles. The van der Waals surface area contributed by atoms with Gasteiger partial charge >= 0.3 is 11.9 Å². The zero-order chi connectivity index (χ0) is 36.3. The first-order valence-corrected chi connectivity index (χ1v) is 19.3. The van der Waals surface area contributed by atoms with Crippen molar-refractivity contribution in [3.8, 4) is 16.2 Å². The molecular formula is C34H45ClFN4O6PS2. The summed E-state index contributed by atoms with van der Waals surface area (Å²) in [5.41, 5.74) is 2.51. The van der Waals surface area contributed by atoms with Crippen molar-refractivity contribution in [1.82, 2.24) is 9.62 Å². The summed E-state index contributed by atoms with van der Waals surface area (Å²) in [5.74, 6) is -2.74. The summed E-state index contributed by atoms with van der Waals surface area (Å²) in [6.45, 7) is 11.6. The van der Waals surface area contributed by atoms with Crippen LogP contribution >= 0.6 is 44.1 Å². The van der Waals surface area contributed by atoms with E-state index >= 15 is 0 Å². The third kappa shape index (κ3) is 10.8. The van der Waals surface area contributed by atoms with Gasteiger partial charge in [-0.3, -0.25) is 4.79 Å². The van der Waals surface area contributed by atoms with Crippen LogP contribution in [0.4, 0.5) is 15.8 Å². The normalized spacial score (nSPS) is 16.9. The molecule has 2 fully saturated rings. The number of carbonyl (C=O) groups is 3. The van der Waals surface area contributed by atoms with Gasteiger partial charge in [-0.1, -0.05) is 62.3 Å². The molecular weight excluding hydrogens is 710 g/mol. The van der Waals surface area contributed by atoms with Gasteiger partial charge in [0.1, 0.15) is 10.8 Å². The lowest BCUT2D eigenvalue weighted by molar-refractivity contribution is -0.139. The van der Waals surface area contributed by atoms with Crippen LogP contribution in [-0.4, -0.2) is 76.9 Å². The van der Waals surface area contributed by atoms with Gasteiger partial charge in [-0.05, 0) is 62.1 Å². The van der Waals surface area contributed by atoms with Crippen LogP contribution in [0.25, 0.3) is 10.4 Å². The predicted octanol–water partition coefficient (Wildman–Crippen LogP) is 7.55. The molecule has 49 heavy (non-hydrogen) atoms. The van der Waals surface area contributed by atoms with Gasteiger partial charge < -0.3 is 30.9 Å². The van der Waals surface area contributed by atoms with Gasteiger partial charge in [-0.2, -0.15) is 0 Å². The Balaban J connectivity index is 0.00000157. The number of thiophene rings is 1. The molecule has 0 saturated carbocycles. The largest absolute Gasteiger partial charge is 0.479 e. The highest BCUT2D eigenvalue weighted by atomic mass is 35.5. The van der Waals surface area contributed by atoms with Gasteiger partial charge in [0, 0.05) is 42.7 Å². The number of anilines is 2. The van der Waals surface area contributed by atoms with Crippen molar-refractivity contribution in [2.45, 2.75) is 57.9 Å². The van der Waals surface area contributed by atoms with Crippen LogP contribution in [-0.2, 0) is 15.3 Å². The first kappa shape index (κ1) is 40.5. The summed E-state index contributed by atoms with van der Waals surface area (Å²) in [5, 5.41) is 28.0. The summed E-state index contributed by atoms with van der Waals surface area (Å²) in [7, 11) is 2.42. The van der Waals surface area contributed by atoms with Crippen LogP contribution < -0.4 is 20.7 Å². The van der Waals surface area contributed by atoms with Gasteiger partial charge in [-0.15, -0.1) is 20.6 Å². The van der Waals surface area contributed by atoms with E-state index in [0.29, 0.717) is 29.3 Å². The number of benzene rings is 2. The summed E-state index contributed by atoms with van der Waals surface area (Å²) in [6.07, 6.45) is 1.72. The van der Waals surface area contributed by atoms with Crippen molar-refractivity contribution in [3.05, 3.63) is 63.7 Å². The molecule has 268 valence electrons. The lowest BCUT2D eigenvalue weighted by Gasteiger charge is -2.45. The number of halogens is 2. The number of aromatic carboxylic acids is 1. The number of nitrogens with one attached hydrogen (secondary N) is 3. The fourth-order valence-corrected chi connectivity index (χ4v) is 7.88. The van der Waals surface area contributed by atoms with Gasteiger partial charge in [0.05, 0.1) is 16.5 Å². The highest BCUT2D eigenvalue weighted by molar-refractivity contribution is 7.96. The molecule has 0 aliphatic carbocycles. The SMILES string of the molecule is CC.CC1(C)CC(Nc2cccc(-c3sc(C(=O)O)c(OCC(=O)O)c3Cl)c2)CCN1SCc1ccc(F)c(NC(=O)C2CNC2)c1.CP. The van der Waals surface area contributed by atoms with Crippen molar-refractivity contribution < 1.29 is 33.7 Å². The lowest BCUT2D eigenvalue weighted by Crippen LogP contribution is -2.49. The number of rotatable bonds is 12. The molecule has 5 N–H and O–H groups in total. The van der Waals surface area contributed by atoms with Gasteiger partial charge in [0.2, 0.25) is 5.91 Å². The number of amides is 1. The molecule has 0 radical (unpaired) electrons. The number of hydrogen-bond donors (Lipinski definition) is 5. The van der Waals surface area contributed by atoms with E-state index in [-0.39, 0.29) is 44.7 Å². The Morgan fingerprint density at radius 2 is 1.88 bits per heavy atom.